The molecule has 0 saturated carbocycles. The zero-order valence-electron chi connectivity index (χ0n) is 17.3. The molecule has 0 saturated heterocycles. The summed E-state index contributed by atoms with van der Waals surface area (Å²) in [5.74, 6) is -0.328. The van der Waals surface area contributed by atoms with E-state index in [1.807, 2.05) is 44.4 Å². The second-order valence-electron chi connectivity index (χ2n) is 7.95. The number of nitrogens with zero attached hydrogens (tertiary/aromatic N) is 3. The van der Waals surface area contributed by atoms with Crippen LogP contribution in [0.25, 0.3) is 0 Å². The third-order valence-electron chi connectivity index (χ3n) is 5.90. The number of allylic oxidation sites excluding steroid dienone is 3. The van der Waals surface area contributed by atoms with Crippen LogP contribution in [0.15, 0.2) is 71.2 Å². The maximum absolute atomic E-state index is 13.6. The Morgan fingerprint density at radius 2 is 1.81 bits per heavy atom. The van der Waals surface area contributed by atoms with E-state index < -0.39 is 5.92 Å². The molecule has 1 aliphatic heterocycles. The van der Waals surface area contributed by atoms with Gasteiger partial charge in [-0.3, -0.25) is 9.80 Å². The van der Waals surface area contributed by atoms with Crippen LogP contribution in [0, 0.1) is 11.3 Å². The lowest BCUT2D eigenvalue weighted by atomic mass is 9.72. The number of carbonyl (C=O) groups is 1. The highest BCUT2D eigenvalue weighted by Gasteiger charge is 2.43. The molecule has 0 amide bonds. The third kappa shape index (κ3) is 3.61. The first-order chi connectivity index (χ1) is 14.8. The number of hydrazine groups is 1. The normalized spacial score (nSPS) is 21.4. The molecule has 158 valence electrons. The summed E-state index contributed by atoms with van der Waals surface area (Å²) in [5, 5.41) is 14.3. The predicted molar refractivity (Wildman–Crippen MR) is 122 cm³/mol. The molecule has 0 spiro atoms. The highest BCUT2D eigenvalue weighted by atomic mass is 35.5. The molecule has 1 aliphatic carbocycles. The van der Waals surface area contributed by atoms with E-state index in [0.29, 0.717) is 45.4 Å². The van der Waals surface area contributed by atoms with Gasteiger partial charge in [0, 0.05) is 31.8 Å². The van der Waals surface area contributed by atoms with Crippen molar-refractivity contribution in [2.75, 3.05) is 14.1 Å². The standard InChI is InChI=1S/C24H22Cl2N4O/c1-29(2)30-19-11-15(14-7-4-3-5-8-14)12-20(31)22(19)21(17(13-27)24(30)28)16-9-6-10-18(25)23(16)26/h3-10,15,21H,11-12,28H2,1-2H3/t15-,21+/m1/s1. The van der Waals surface area contributed by atoms with Crippen molar-refractivity contribution in [2.24, 2.45) is 5.73 Å². The minimum Gasteiger partial charge on any atom is -0.383 e. The number of Topliss-reactive ketones (excluding diaryl/α,β-unsaturated/α-hetero) is 1. The number of ketones is 1. The van der Waals surface area contributed by atoms with Crippen molar-refractivity contribution in [3.63, 3.8) is 0 Å². The summed E-state index contributed by atoms with van der Waals surface area (Å²) in [7, 11) is 3.69. The van der Waals surface area contributed by atoms with Gasteiger partial charge < -0.3 is 5.73 Å². The first-order valence-corrected chi connectivity index (χ1v) is 10.7. The fraction of sp³-hybridized carbons (Fsp3) is 0.250. The maximum atomic E-state index is 13.6. The number of carbonyl (C=O) groups excluding carboxylic acids is 1. The zero-order valence-corrected chi connectivity index (χ0v) is 18.8. The smallest absolute Gasteiger partial charge is 0.162 e. The molecule has 7 heteroatoms. The molecule has 0 radical (unpaired) electrons. The first kappa shape index (κ1) is 21.5. The van der Waals surface area contributed by atoms with Gasteiger partial charge in [-0.15, -0.1) is 0 Å². The van der Waals surface area contributed by atoms with Crippen molar-refractivity contribution in [2.45, 2.75) is 24.7 Å². The molecule has 0 fully saturated rings. The van der Waals surface area contributed by atoms with Crippen molar-refractivity contribution >= 4 is 29.0 Å². The SMILES string of the molecule is CN(C)N1C(N)=C(C#N)[C@H](c2cccc(Cl)c2Cl)C2=C1C[C@@H](c1ccccc1)CC2=O. The Hall–Kier alpha value is -2.78. The van der Waals surface area contributed by atoms with Gasteiger partial charge >= 0.3 is 0 Å². The molecular formula is C24H22Cl2N4O. The fourth-order valence-electron chi connectivity index (χ4n) is 4.58. The summed E-state index contributed by atoms with van der Waals surface area (Å²) in [4.78, 5) is 13.6. The van der Waals surface area contributed by atoms with Gasteiger partial charge in [0.15, 0.2) is 5.78 Å². The average Bonchev–Trinajstić information content (AvgIpc) is 2.75. The van der Waals surface area contributed by atoms with Crippen LogP contribution in [-0.2, 0) is 4.79 Å². The van der Waals surface area contributed by atoms with Crippen molar-refractivity contribution in [1.82, 2.24) is 10.0 Å². The molecule has 0 unspecified atom stereocenters. The number of hydrogen-bond donors (Lipinski definition) is 1. The van der Waals surface area contributed by atoms with Gasteiger partial charge in [-0.1, -0.05) is 65.7 Å². The van der Waals surface area contributed by atoms with Crippen LogP contribution in [-0.4, -0.2) is 29.9 Å². The van der Waals surface area contributed by atoms with Gasteiger partial charge in [0.1, 0.15) is 5.82 Å². The molecule has 0 aromatic heterocycles. The van der Waals surface area contributed by atoms with Crippen LogP contribution in [0.2, 0.25) is 10.0 Å². The number of hydrogen-bond acceptors (Lipinski definition) is 5. The molecule has 0 bridgehead atoms. The first-order valence-electron chi connectivity index (χ1n) is 9.97. The number of nitrogens with two attached hydrogens (primary N) is 1. The molecule has 2 atom stereocenters. The van der Waals surface area contributed by atoms with E-state index in [1.165, 1.54) is 0 Å². The Balaban J connectivity index is 1.93. The zero-order chi connectivity index (χ0) is 22.3. The van der Waals surface area contributed by atoms with Gasteiger partial charge in [0.25, 0.3) is 0 Å². The number of nitriles is 1. The minimum absolute atomic E-state index is 0.0109. The van der Waals surface area contributed by atoms with Crippen molar-refractivity contribution in [3.8, 4) is 6.07 Å². The quantitative estimate of drug-likeness (QED) is 0.711. The van der Waals surface area contributed by atoms with Crippen molar-refractivity contribution < 1.29 is 4.79 Å². The summed E-state index contributed by atoms with van der Waals surface area (Å²) in [5.41, 5.74) is 9.89. The average molecular weight is 453 g/mol. The Morgan fingerprint density at radius 3 is 2.45 bits per heavy atom. The van der Waals surface area contributed by atoms with Crippen molar-refractivity contribution in [3.05, 3.63) is 92.4 Å². The Labute approximate surface area is 191 Å². The summed E-state index contributed by atoms with van der Waals surface area (Å²) < 4.78 is 0. The monoisotopic (exact) mass is 452 g/mol. The fourth-order valence-corrected chi connectivity index (χ4v) is 5.00. The van der Waals surface area contributed by atoms with E-state index in [4.69, 9.17) is 28.9 Å². The molecular weight excluding hydrogens is 431 g/mol. The molecule has 1 heterocycles. The highest BCUT2D eigenvalue weighted by molar-refractivity contribution is 6.42. The molecule has 31 heavy (non-hydrogen) atoms. The largest absolute Gasteiger partial charge is 0.383 e. The third-order valence-corrected chi connectivity index (χ3v) is 6.74. The second kappa shape index (κ2) is 8.39. The maximum Gasteiger partial charge on any atom is 0.162 e. The minimum atomic E-state index is -0.647. The van der Waals surface area contributed by atoms with Gasteiger partial charge in [-0.05, 0) is 29.5 Å². The Bertz CT molecular complexity index is 1150. The van der Waals surface area contributed by atoms with Crippen LogP contribution in [0.1, 0.15) is 35.8 Å². The summed E-state index contributed by atoms with van der Waals surface area (Å²) in [6, 6.07) is 17.5. The van der Waals surface area contributed by atoms with E-state index in [2.05, 4.69) is 6.07 Å². The van der Waals surface area contributed by atoms with Crippen LogP contribution < -0.4 is 5.73 Å². The van der Waals surface area contributed by atoms with Crippen LogP contribution in [0.4, 0.5) is 0 Å². The van der Waals surface area contributed by atoms with Crippen LogP contribution in [0.5, 0.6) is 0 Å². The predicted octanol–water partition coefficient (Wildman–Crippen LogP) is 4.96. The second-order valence-corrected chi connectivity index (χ2v) is 8.73. The molecule has 2 aromatic rings. The van der Waals surface area contributed by atoms with Gasteiger partial charge in [-0.25, -0.2) is 5.01 Å². The van der Waals surface area contributed by atoms with E-state index in [-0.39, 0.29) is 11.7 Å². The number of halogens is 2. The Morgan fingerprint density at radius 1 is 1.10 bits per heavy atom. The molecule has 4 rings (SSSR count). The van der Waals surface area contributed by atoms with E-state index in [0.717, 1.165) is 11.3 Å². The lowest BCUT2D eigenvalue weighted by Gasteiger charge is -2.44. The summed E-state index contributed by atoms with van der Waals surface area (Å²) in [6.07, 6.45) is 0.981. The van der Waals surface area contributed by atoms with Crippen molar-refractivity contribution in [1.29, 1.82) is 5.26 Å². The van der Waals surface area contributed by atoms with Gasteiger partial charge in [0.2, 0.25) is 0 Å². The summed E-state index contributed by atoms with van der Waals surface area (Å²) >= 11 is 12.8. The highest BCUT2D eigenvalue weighted by Crippen LogP contribution is 2.49. The van der Waals surface area contributed by atoms with Gasteiger partial charge in [-0.2, -0.15) is 5.26 Å². The lowest BCUT2D eigenvalue weighted by Crippen LogP contribution is -2.46. The number of benzene rings is 2. The van der Waals surface area contributed by atoms with E-state index >= 15 is 0 Å². The van der Waals surface area contributed by atoms with E-state index in [1.54, 1.807) is 28.2 Å². The van der Waals surface area contributed by atoms with Crippen LogP contribution >= 0.6 is 23.2 Å². The molecule has 2 aromatic carbocycles. The summed E-state index contributed by atoms with van der Waals surface area (Å²) in [6.45, 7) is 0. The van der Waals surface area contributed by atoms with Gasteiger partial charge in [0.05, 0.1) is 27.6 Å². The molecule has 2 aliphatic rings. The van der Waals surface area contributed by atoms with E-state index in [9.17, 15) is 10.1 Å². The lowest BCUT2D eigenvalue weighted by molar-refractivity contribution is -0.117. The number of rotatable bonds is 3. The Kier molecular flexibility index (Phi) is 5.81. The topological polar surface area (TPSA) is 73.4 Å². The van der Waals surface area contributed by atoms with Crippen LogP contribution in [0.3, 0.4) is 0 Å². The molecule has 2 N–H and O–H groups in total. The molecule has 5 nitrogen and oxygen atoms in total.